The third-order valence-electron chi connectivity index (χ3n) is 3.23. The van der Waals surface area contributed by atoms with Gasteiger partial charge >= 0.3 is 11.8 Å². The first-order valence-corrected chi connectivity index (χ1v) is 4.72. The number of rotatable bonds is 1. The van der Waals surface area contributed by atoms with E-state index in [0.29, 0.717) is 12.5 Å². The maximum Gasteiger partial charge on any atom is 0.309 e. The fourth-order valence-electron chi connectivity index (χ4n) is 2.00. The van der Waals surface area contributed by atoms with E-state index in [1.54, 1.807) is 0 Å². The molecule has 0 aromatic rings. The predicted octanol–water partition coefficient (Wildman–Crippen LogP) is -0.209. The first kappa shape index (κ1) is 8.53. The van der Waals surface area contributed by atoms with E-state index in [1.165, 1.54) is 6.42 Å². The molecule has 0 aromatic heterocycles. The van der Waals surface area contributed by atoms with Crippen molar-refractivity contribution in [3.05, 3.63) is 0 Å². The quantitative estimate of drug-likeness (QED) is 0.551. The van der Waals surface area contributed by atoms with Gasteiger partial charge in [0.05, 0.1) is 5.54 Å². The second-order valence-electron chi connectivity index (χ2n) is 4.18. The Balaban J connectivity index is 2.07. The number of hydrogen-bond donors (Lipinski definition) is 2. The topological polar surface area (TPSA) is 58.2 Å². The van der Waals surface area contributed by atoms with Gasteiger partial charge < -0.3 is 10.6 Å². The Labute approximate surface area is 77.1 Å². The van der Waals surface area contributed by atoms with Crippen LogP contribution < -0.4 is 10.6 Å². The molecule has 2 amide bonds. The van der Waals surface area contributed by atoms with Crippen LogP contribution in [0, 0.1) is 5.92 Å². The zero-order chi connectivity index (χ0) is 9.47. The third kappa shape index (κ3) is 1.30. The molecule has 1 atom stereocenters. The second kappa shape index (κ2) is 2.72. The van der Waals surface area contributed by atoms with E-state index in [9.17, 15) is 9.59 Å². The standard InChI is InChI=1S/C9H14N2O2/c1-9(6-3-2-4-6)5-10-7(12)8(13)11-9/h6H,2-5H2,1H3,(H,10,12)(H,11,13). The number of amides is 2. The fourth-order valence-corrected chi connectivity index (χ4v) is 2.00. The lowest BCUT2D eigenvalue weighted by molar-refractivity contribution is -0.144. The van der Waals surface area contributed by atoms with Crippen LogP contribution in [0.5, 0.6) is 0 Å². The molecule has 72 valence electrons. The highest BCUT2D eigenvalue weighted by Crippen LogP contribution is 2.36. The molecule has 13 heavy (non-hydrogen) atoms. The molecule has 0 radical (unpaired) electrons. The lowest BCUT2D eigenvalue weighted by Gasteiger charge is -2.45. The van der Waals surface area contributed by atoms with Crippen LogP contribution in [-0.2, 0) is 9.59 Å². The Kier molecular flexibility index (Phi) is 1.78. The largest absolute Gasteiger partial charge is 0.345 e. The molecular weight excluding hydrogens is 168 g/mol. The monoisotopic (exact) mass is 182 g/mol. The van der Waals surface area contributed by atoms with Crippen LogP contribution in [0.25, 0.3) is 0 Å². The summed E-state index contributed by atoms with van der Waals surface area (Å²) >= 11 is 0. The minimum Gasteiger partial charge on any atom is -0.345 e. The van der Waals surface area contributed by atoms with E-state index in [4.69, 9.17) is 0 Å². The molecule has 4 heteroatoms. The Hall–Kier alpha value is -1.06. The zero-order valence-electron chi connectivity index (χ0n) is 7.72. The van der Waals surface area contributed by atoms with Gasteiger partial charge in [0.25, 0.3) is 0 Å². The number of carbonyl (C=O) groups is 2. The zero-order valence-corrected chi connectivity index (χ0v) is 7.72. The average Bonchev–Trinajstić information content (AvgIpc) is 1.94. The Morgan fingerprint density at radius 3 is 2.46 bits per heavy atom. The van der Waals surface area contributed by atoms with Crippen LogP contribution >= 0.6 is 0 Å². The molecule has 0 spiro atoms. The van der Waals surface area contributed by atoms with Crippen molar-refractivity contribution in [1.82, 2.24) is 10.6 Å². The average molecular weight is 182 g/mol. The van der Waals surface area contributed by atoms with Crippen LogP contribution in [-0.4, -0.2) is 23.9 Å². The van der Waals surface area contributed by atoms with Gasteiger partial charge in [-0.3, -0.25) is 9.59 Å². The van der Waals surface area contributed by atoms with Crippen molar-refractivity contribution in [2.45, 2.75) is 31.7 Å². The molecule has 1 aliphatic heterocycles. The molecule has 1 aliphatic carbocycles. The maximum atomic E-state index is 11.1. The van der Waals surface area contributed by atoms with Gasteiger partial charge in [0, 0.05) is 6.54 Å². The minimum atomic E-state index is -0.503. The van der Waals surface area contributed by atoms with Gasteiger partial charge in [0.1, 0.15) is 0 Å². The van der Waals surface area contributed by atoms with Crippen molar-refractivity contribution in [3.8, 4) is 0 Å². The van der Waals surface area contributed by atoms with E-state index in [-0.39, 0.29) is 5.54 Å². The molecule has 0 bridgehead atoms. The van der Waals surface area contributed by atoms with E-state index >= 15 is 0 Å². The molecule has 2 fully saturated rings. The van der Waals surface area contributed by atoms with Gasteiger partial charge in [-0.15, -0.1) is 0 Å². The summed E-state index contributed by atoms with van der Waals surface area (Å²) in [6.07, 6.45) is 3.56. The van der Waals surface area contributed by atoms with Gasteiger partial charge in [-0.2, -0.15) is 0 Å². The summed E-state index contributed by atoms with van der Waals surface area (Å²) in [7, 11) is 0. The molecular formula is C9H14N2O2. The summed E-state index contributed by atoms with van der Waals surface area (Å²) in [4.78, 5) is 22.0. The smallest absolute Gasteiger partial charge is 0.309 e. The van der Waals surface area contributed by atoms with Crippen molar-refractivity contribution < 1.29 is 9.59 Å². The number of piperazine rings is 1. The van der Waals surface area contributed by atoms with Crippen molar-refractivity contribution >= 4 is 11.8 Å². The van der Waals surface area contributed by atoms with Gasteiger partial charge in [0.15, 0.2) is 0 Å². The highest BCUT2D eigenvalue weighted by Gasteiger charge is 2.43. The van der Waals surface area contributed by atoms with E-state index in [0.717, 1.165) is 12.8 Å². The summed E-state index contributed by atoms with van der Waals surface area (Å²) in [5, 5.41) is 5.41. The van der Waals surface area contributed by atoms with E-state index in [1.807, 2.05) is 6.92 Å². The lowest BCUT2D eigenvalue weighted by Crippen LogP contribution is -2.66. The highest BCUT2D eigenvalue weighted by atomic mass is 16.2. The van der Waals surface area contributed by atoms with E-state index in [2.05, 4.69) is 10.6 Å². The van der Waals surface area contributed by atoms with Crippen LogP contribution in [0.1, 0.15) is 26.2 Å². The maximum absolute atomic E-state index is 11.1. The molecule has 4 nitrogen and oxygen atoms in total. The first-order chi connectivity index (χ1) is 6.12. The summed E-state index contributed by atoms with van der Waals surface area (Å²) in [6.45, 7) is 2.58. The molecule has 1 unspecified atom stereocenters. The van der Waals surface area contributed by atoms with Crippen LogP contribution in [0.3, 0.4) is 0 Å². The lowest BCUT2D eigenvalue weighted by atomic mass is 9.71. The molecule has 1 saturated carbocycles. The number of carbonyl (C=O) groups excluding carboxylic acids is 2. The van der Waals surface area contributed by atoms with Crippen LogP contribution in [0.4, 0.5) is 0 Å². The van der Waals surface area contributed by atoms with E-state index < -0.39 is 11.8 Å². The molecule has 0 aromatic carbocycles. The van der Waals surface area contributed by atoms with Gasteiger partial charge in [-0.1, -0.05) is 6.42 Å². The molecule has 1 heterocycles. The third-order valence-corrected chi connectivity index (χ3v) is 3.23. The number of hydrogen-bond acceptors (Lipinski definition) is 2. The van der Waals surface area contributed by atoms with Crippen LogP contribution in [0.2, 0.25) is 0 Å². The predicted molar refractivity (Wildman–Crippen MR) is 46.9 cm³/mol. The van der Waals surface area contributed by atoms with Crippen molar-refractivity contribution in [1.29, 1.82) is 0 Å². The minimum absolute atomic E-state index is 0.205. The summed E-state index contributed by atoms with van der Waals surface area (Å²) < 4.78 is 0. The number of nitrogens with one attached hydrogen (secondary N) is 2. The molecule has 2 rings (SSSR count). The Morgan fingerprint density at radius 2 is 2.00 bits per heavy atom. The van der Waals surface area contributed by atoms with Crippen LogP contribution in [0.15, 0.2) is 0 Å². The first-order valence-electron chi connectivity index (χ1n) is 4.72. The SMILES string of the molecule is CC1(C2CCC2)CNC(=O)C(=O)N1. The van der Waals surface area contributed by atoms with Crippen molar-refractivity contribution in [2.24, 2.45) is 5.92 Å². The Morgan fingerprint density at radius 1 is 1.31 bits per heavy atom. The Bertz CT molecular complexity index is 260. The van der Waals surface area contributed by atoms with Gasteiger partial charge in [-0.25, -0.2) is 0 Å². The molecule has 1 saturated heterocycles. The molecule has 2 N–H and O–H groups in total. The molecule has 2 aliphatic rings. The normalized spacial score (nSPS) is 34.8. The van der Waals surface area contributed by atoms with Crippen molar-refractivity contribution in [3.63, 3.8) is 0 Å². The van der Waals surface area contributed by atoms with Gasteiger partial charge in [-0.05, 0) is 25.7 Å². The summed E-state index contributed by atoms with van der Waals surface area (Å²) in [5.41, 5.74) is -0.205. The van der Waals surface area contributed by atoms with Crippen molar-refractivity contribution in [2.75, 3.05) is 6.54 Å². The second-order valence-corrected chi connectivity index (χ2v) is 4.18. The fraction of sp³-hybridized carbons (Fsp3) is 0.778. The van der Waals surface area contributed by atoms with Gasteiger partial charge in [0.2, 0.25) is 0 Å². The summed E-state index contributed by atoms with van der Waals surface area (Å²) in [5.74, 6) is -0.450. The highest BCUT2D eigenvalue weighted by molar-refractivity contribution is 6.35. The summed E-state index contributed by atoms with van der Waals surface area (Å²) in [6, 6.07) is 0.